The molecule has 7 heteroatoms. The van der Waals surface area contributed by atoms with Crippen LogP contribution in [0.5, 0.6) is 0 Å². The van der Waals surface area contributed by atoms with Gasteiger partial charge in [-0.05, 0) is 19.8 Å². The number of hydrogen-bond acceptors (Lipinski definition) is 5. The van der Waals surface area contributed by atoms with Crippen LogP contribution in [0.3, 0.4) is 0 Å². The van der Waals surface area contributed by atoms with Gasteiger partial charge in [-0.3, -0.25) is 18.9 Å². The Morgan fingerprint density at radius 3 is 2.73 bits per heavy atom. The van der Waals surface area contributed by atoms with Crippen LogP contribution in [0.4, 0.5) is 0 Å². The van der Waals surface area contributed by atoms with Gasteiger partial charge in [0.05, 0.1) is 26.0 Å². The molecular weight excluding hydrogens is 302 g/mol. The summed E-state index contributed by atoms with van der Waals surface area (Å²) in [5, 5.41) is 3.51. The second-order valence-corrected chi connectivity index (χ2v) is 8.47. The average Bonchev–Trinajstić information content (AvgIpc) is 3.06. The summed E-state index contributed by atoms with van der Waals surface area (Å²) >= 11 is 0. The van der Waals surface area contributed by atoms with E-state index in [1.54, 1.807) is 0 Å². The van der Waals surface area contributed by atoms with Crippen molar-refractivity contribution < 1.29 is 17.1 Å². The first-order valence-corrected chi connectivity index (χ1v) is 10.4. The zero-order chi connectivity index (χ0) is 16.2. The van der Waals surface area contributed by atoms with E-state index >= 15 is 0 Å². The van der Waals surface area contributed by atoms with Gasteiger partial charge >= 0.3 is 0 Å². The van der Waals surface area contributed by atoms with Crippen LogP contribution in [0.15, 0.2) is 0 Å². The Hall–Kier alpha value is -0.210. The van der Waals surface area contributed by atoms with E-state index in [-0.39, 0.29) is 0 Å². The van der Waals surface area contributed by atoms with E-state index < -0.39 is 10.1 Å². The molecule has 0 aliphatic carbocycles. The van der Waals surface area contributed by atoms with Crippen molar-refractivity contribution in [1.82, 2.24) is 10.2 Å². The Kier molecular flexibility index (Phi) is 6.24. The molecule has 3 atom stereocenters. The Morgan fingerprint density at radius 2 is 2.23 bits per heavy atom. The first-order valence-electron chi connectivity index (χ1n) is 8.54. The van der Waals surface area contributed by atoms with E-state index in [0.717, 1.165) is 49.9 Å². The third-order valence-corrected chi connectivity index (χ3v) is 5.79. The number of quaternary nitrogens is 1. The van der Waals surface area contributed by atoms with E-state index in [9.17, 15) is 8.42 Å². The number of rotatable bonds is 8. The molecule has 0 radical (unpaired) electrons. The third-order valence-electron chi connectivity index (χ3n) is 5.19. The van der Waals surface area contributed by atoms with E-state index in [0.29, 0.717) is 18.8 Å². The lowest BCUT2D eigenvalue weighted by Gasteiger charge is -2.46. The van der Waals surface area contributed by atoms with E-state index in [2.05, 4.69) is 24.1 Å². The molecule has 130 valence electrons. The second-order valence-electron chi connectivity index (χ2n) is 6.82. The molecule has 0 aromatic carbocycles. The zero-order valence-electron chi connectivity index (χ0n) is 14.3. The van der Waals surface area contributed by atoms with Gasteiger partial charge in [-0.1, -0.05) is 6.92 Å². The topological polar surface area (TPSA) is 58.6 Å². The van der Waals surface area contributed by atoms with E-state index in [4.69, 9.17) is 4.18 Å². The van der Waals surface area contributed by atoms with Crippen molar-refractivity contribution in [3.63, 3.8) is 0 Å². The van der Waals surface area contributed by atoms with Gasteiger partial charge in [-0.25, -0.2) is 0 Å². The maximum absolute atomic E-state index is 11.1. The monoisotopic (exact) mass is 334 g/mol. The van der Waals surface area contributed by atoms with Crippen molar-refractivity contribution in [3.05, 3.63) is 0 Å². The molecule has 0 aromatic heterocycles. The van der Waals surface area contributed by atoms with Crippen molar-refractivity contribution in [2.24, 2.45) is 0 Å². The van der Waals surface area contributed by atoms with Crippen LogP contribution in [0.25, 0.3) is 0 Å². The van der Waals surface area contributed by atoms with Crippen molar-refractivity contribution in [2.75, 3.05) is 45.7 Å². The summed E-state index contributed by atoms with van der Waals surface area (Å²) < 4.78 is 28.2. The molecular formula is C15H32N3O3S+. The smallest absolute Gasteiger partial charge is 0.264 e. The van der Waals surface area contributed by atoms with Crippen LogP contribution in [0.1, 0.15) is 39.5 Å². The largest absolute Gasteiger partial charge is 0.295 e. The quantitative estimate of drug-likeness (QED) is 0.407. The minimum atomic E-state index is -3.32. The molecule has 2 rings (SSSR count). The summed E-state index contributed by atoms with van der Waals surface area (Å²) in [4.78, 5) is 2.67. The van der Waals surface area contributed by atoms with Gasteiger partial charge in [-0.2, -0.15) is 8.42 Å². The van der Waals surface area contributed by atoms with Crippen LogP contribution in [-0.4, -0.2) is 75.7 Å². The molecule has 2 heterocycles. The molecule has 2 fully saturated rings. The summed E-state index contributed by atoms with van der Waals surface area (Å²) in [7, 11) is -3.32. The molecule has 0 aromatic rings. The highest BCUT2D eigenvalue weighted by Crippen LogP contribution is 2.29. The molecule has 6 nitrogen and oxygen atoms in total. The molecule has 0 spiro atoms. The van der Waals surface area contributed by atoms with Crippen LogP contribution < -0.4 is 5.32 Å². The zero-order valence-corrected chi connectivity index (χ0v) is 15.1. The fraction of sp³-hybridized carbons (Fsp3) is 1.00. The Balaban J connectivity index is 1.99. The molecule has 0 bridgehead atoms. The van der Waals surface area contributed by atoms with Gasteiger partial charge in [-0.15, -0.1) is 0 Å². The lowest BCUT2D eigenvalue weighted by Crippen LogP contribution is -2.62. The van der Waals surface area contributed by atoms with Crippen LogP contribution in [-0.2, 0) is 14.3 Å². The summed E-state index contributed by atoms with van der Waals surface area (Å²) in [5.41, 5.74) is 0. The lowest BCUT2D eigenvalue weighted by molar-refractivity contribution is -0.952. The molecule has 22 heavy (non-hydrogen) atoms. The highest BCUT2D eigenvalue weighted by atomic mass is 32.2. The molecule has 0 amide bonds. The van der Waals surface area contributed by atoms with Gasteiger partial charge in [0.25, 0.3) is 10.1 Å². The van der Waals surface area contributed by atoms with E-state index in [1.165, 1.54) is 19.4 Å². The summed E-state index contributed by atoms with van der Waals surface area (Å²) in [6, 6.07) is 0.660. The number of nitrogens with zero attached hydrogens (tertiary/aromatic N) is 2. The first-order chi connectivity index (χ1) is 10.4. The maximum Gasteiger partial charge on any atom is 0.264 e. The van der Waals surface area contributed by atoms with Crippen molar-refractivity contribution in [2.45, 2.75) is 51.7 Å². The van der Waals surface area contributed by atoms with Crippen LogP contribution in [0, 0.1) is 0 Å². The highest BCUT2D eigenvalue weighted by molar-refractivity contribution is 7.85. The second kappa shape index (κ2) is 7.57. The molecule has 2 saturated heterocycles. The Labute approximate surface area is 135 Å². The Morgan fingerprint density at radius 1 is 1.45 bits per heavy atom. The number of likely N-dealkylation sites (tertiary alicyclic amines) is 1. The highest BCUT2D eigenvalue weighted by Gasteiger charge is 2.44. The average molecular weight is 335 g/mol. The third kappa shape index (κ3) is 4.41. The molecule has 0 saturated carbocycles. The van der Waals surface area contributed by atoms with Crippen molar-refractivity contribution in [1.29, 1.82) is 0 Å². The fourth-order valence-corrected chi connectivity index (χ4v) is 4.62. The van der Waals surface area contributed by atoms with Gasteiger partial charge in [0.1, 0.15) is 12.8 Å². The normalized spacial score (nSPS) is 31.7. The lowest BCUT2D eigenvalue weighted by atomic mass is 10.1. The van der Waals surface area contributed by atoms with Crippen molar-refractivity contribution in [3.8, 4) is 0 Å². The molecule has 1 N–H and O–H groups in total. The number of nitrogens with one attached hydrogen (secondary N) is 1. The summed E-state index contributed by atoms with van der Waals surface area (Å²) in [5.74, 6) is 0. The predicted molar refractivity (Wildman–Crippen MR) is 87.8 cm³/mol. The van der Waals surface area contributed by atoms with Gasteiger partial charge < -0.3 is 0 Å². The standard InChI is InChI=1S/C15H32N3O3S/c1-4-15(17-9-5-7-14(17)2)18(11-8-16-13-18)10-6-12-21-22(3,19)20/h14-16H,4-13H2,1-3H3/q+1. The Bertz CT molecular complexity index is 449. The SMILES string of the molecule is CCC(N1CCCC1C)[N+]1(CCCOS(C)(=O)=O)CCNC1. The van der Waals surface area contributed by atoms with Gasteiger partial charge in [0.15, 0.2) is 0 Å². The minimum Gasteiger partial charge on any atom is -0.295 e. The van der Waals surface area contributed by atoms with Crippen LogP contribution in [0.2, 0.25) is 0 Å². The molecule has 2 aliphatic rings. The maximum atomic E-state index is 11.1. The molecule has 3 unspecified atom stereocenters. The summed E-state index contributed by atoms with van der Waals surface area (Å²) in [6.45, 7) is 10.2. The fourth-order valence-electron chi connectivity index (χ4n) is 4.20. The first kappa shape index (κ1) is 18.1. The van der Waals surface area contributed by atoms with E-state index in [1.807, 2.05) is 0 Å². The summed E-state index contributed by atoms with van der Waals surface area (Å²) in [6.07, 6.45) is 6.16. The van der Waals surface area contributed by atoms with Crippen LogP contribution >= 0.6 is 0 Å². The van der Waals surface area contributed by atoms with Gasteiger partial charge in [0.2, 0.25) is 0 Å². The number of hydrogen-bond donors (Lipinski definition) is 1. The minimum absolute atomic E-state index is 0.296. The van der Waals surface area contributed by atoms with Gasteiger partial charge in [0, 0.05) is 32.0 Å². The molecule has 2 aliphatic heterocycles. The van der Waals surface area contributed by atoms with Crippen molar-refractivity contribution >= 4 is 10.1 Å². The predicted octanol–water partition coefficient (Wildman–Crippen LogP) is 0.951.